The van der Waals surface area contributed by atoms with E-state index >= 15 is 0 Å². The highest BCUT2D eigenvalue weighted by molar-refractivity contribution is 5.77. The van der Waals surface area contributed by atoms with Gasteiger partial charge in [0.2, 0.25) is 5.91 Å². The van der Waals surface area contributed by atoms with Gasteiger partial charge in [-0.25, -0.2) is 4.39 Å². The Labute approximate surface area is 136 Å². The lowest BCUT2D eigenvalue weighted by atomic mass is 10.1. The zero-order valence-corrected chi connectivity index (χ0v) is 13.7. The molecule has 0 spiro atoms. The predicted octanol–water partition coefficient (Wildman–Crippen LogP) is 1.05. The third-order valence-electron chi connectivity index (χ3n) is 4.72. The molecule has 1 aromatic carbocycles. The molecule has 126 valence electrons. The number of para-hydroxylation sites is 1. The molecule has 3 rings (SSSR count). The quantitative estimate of drug-likeness (QED) is 0.831. The summed E-state index contributed by atoms with van der Waals surface area (Å²) < 4.78 is 19.1. The Hall–Kier alpha value is -1.66. The highest BCUT2D eigenvalue weighted by Gasteiger charge is 2.35. The fourth-order valence-electron chi connectivity index (χ4n) is 3.09. The molecule has 1 atom stereocenters. The number of amides is 1. The molecule has 2 heterocycles. The van der Waals surface area contributed by atoms with Crippen molar-refractivity contribution in [2.75, 3.05) is 46.8 Å². The van der Waals surface area contributed by atoms with Crippen molar-refractivity contribution in [3.63, 3.8) is 0 Å². The molecule has 1 aromatic rings. The molecule has 0 aliphatic carbocycles. The van der Waals surface area contributed by atoms with E-state index in [0.29, 0.717) is 19.5 Å². The fraction of sp³-hybridized carbons (Fsp3) is 0.588. The van der Waals surface area contributed by atoms with E-state index in [0.717, 1.165) is 19.6 Å². The first-order valence-electron chi connectivity index (χ1n) is 8.10. The third-order valence-corrected chi connectivity index (χ3v) is 4.72. The fourth-order valence-corrected chi connectivity index (χ4v) is 3.09. The molecular formula is C17H24FN3O2. The van der Waals surface area contributed by atoms with Gasteiger partial charge in [0, 0.05) is 32.1 Å². The minimum absolute atomic E-state index is 0.109. The second-order valence-electron chi connectivity index (χ2n) is 6.57. The number of nitrogens with zero attached hydrogens (tertiary/aromatic N) is 3. The first-order valence-corrected chi connectivity index (χ1v) is 8.10. The molecule has 2 saturated heterocycles. The average Bonchev–Trinajstić information content (AvgIpc) is 2.48. The van der Waals surface area contributed by atoms with E-state index in [4.69, 9.17) is 4.74 Å². The molecule has 23 heavy (non-hydrogen) atoms. The molecule has 6 heteroatoms. The normalized spacial score (nSPS) is 23.6. The first-order chi connectivity index (χ1) is 11.0. The number of hydrogen-bond donors (Lipinski definition) is 0. The van der Waals surface area contributed by atoms with Gasteiger partial charge < -0.3 is 19.4 Å². The molecule has 1 amide bonds. The summed E-state index contributed by atoms with van der Waals surface area (Å²) in [6.45, 7) is 4.04. The summed E-state index contributed by atoms with van der Waals surface area (Å²) in [5.41, 5.74) is 0. The predicted molar refractivity (Wildman–Crippen MR) is 85.9 cm³/mol. The van der Waals surface area contributed by atoms with Crippen molar-refractivity contribution in [1.29, 1.82) is 0 Å². The SMILES string of the molecule is CN1CCN(C)[C@H](CC(=O)N2CC(Oc3ccccc3F)C2)C1. The van der Waals surface area contributed by atoms with Crippen LogP contribution in [0.4, 0.5) is 4.39 Å². The smallest absolute Gasteiger partial charge is 0.224 e. The van der Waals surface area contributed by atoms with E-state index in [9.17, 15) is 9.18 Å². The van der Waals surface area contributed by atoms with Crippen LogP contribution in [0.1, 0.15) is 6.42 Å². The van der Waals surface area contributed by atoms with E-state index in [1.54, 1.807) is 23.1 Å². The summed E-state index contributed by atoms with van der Waals surface area (Å²) in [6, 6.07) is 6.65. The molecule has 2 aliphatic rings. The van der Waals surface area contributed by atoms with Gasteiger partial charge in [-0.1, -0.05) is 12.1 Å². The van der Waals surface area contributed by atoms with Gasteiger partial charge in [-0.2, -0.15) is 0 Å². The summed E-state index contributed by atoms with van der Waals surface area (Å²) in [6.07, 6.45) is 0.426. The number of hydrogen-bond acceptors (Lipinski definition) is 4. The van der Waals surface area contributed by atoms with Gasteiger partial charge in [0.25, 0.3) is 0 Å². The highest BCUT2D eigenvalue weighted by atomic mass is 19.1. The van der Waals surface area contributed by atoms with Crippen molar-refractivity contribution in [3.8, 4) is 5.75 Å². The number of ether oxygens (including phenoxy) is 1. The van der Waals surface area contributed by atoms with Crippen LogP contribution < -0.4 is 4.74 Å². The van der Waals surface area contributed by atoms with E-state index in [1.165, 1.54) is 6.07 Å². The number of carbonyl (C=O) groups excluding carboxylic acids is 1. The van der Waals surface area contributed by atoms with Crippen molar-refractivity contribution in [3.05, 3.63) is 30.1 Å². The van der Waals surface area contributed by atoms with Crippen LogP contribution in [0.2, 0.25) is 0 Å². The van der Waals surface area contributed by atoms with Gasteiger partial charge in [0.05, 0.1) is 13.1 Å². The summed E-state index contributed by atoms with van der Waals surface area (Å²) >= 11 is 0. The minimum Gasteiger partial charge on any atom is -0.484 e. The maximum absolute atomic E-state index is 13.5. The Kier molecular flexibility index (Phi) is 4.82. The van der Waals surface area contributed by atoms with Crippen molar-refractivity contribution >= 4 is 5.91 Å². The van der Waals surface area contributed by atoms with Gasteiger partial charge >= 0.3 is 0 Å². The van der Waals surface area contributed by atoms with E-state index in [1.807, 2.05) is 0 Å². The van der Waals surface area contributed by atoms with Crippen molar-refractivity contribution in [2.45, 2.75) is 18.6 Å². The van der Waals surface area contributed by atoms with Crippen LogP contribution in [-0.2, 0) is 4.79 Å². The van der Waals surface area contributed by atoms with Crippen molar-refractivity contribution < 1.29 is 13.9 Å². The number of likely N-dealkylation sites (N-methyl/N-ethyl adjacent to an activating group) is 2. The highest BCUT2D eigenvalue weighted by Crippen LogP contribution is 2.22. The Balaban J connectivity index is 1.45. The van der Waals surface area contributed by atoms with Crippen LogP contribution in [0.5, 0.6) is 5.75 Å². The molecule has 0 bridgehead atoms. The zero-order chi connectivity index (χ0) is 16.4. The Morgan fingerprint density at radius 2 is 1.96 bits per heavy atom. The molecular weight excluding hydrogens is 297 g/mol. The van der Waals surface area contributed by atoms with Crippen LogP contribution in [0, 0.1) is 5.82 Å². The standard InChI is InChI=1S/C17H24FN3O2/c1-19-7-8-20(2)13(10-19)9-17(22)21-11-14(12-21)23-16-6-4-3-5-15(16)18/h3-6,13-14H,7-12H2,1-2H3/t13-/m1/s1. The third kappa shape index (κ3) is 3.82. The minimum atomic E-state index is -0.357. The monoisotopic (exact) mass is 321 g/mol. The maximum atomic E-state index is 13.5. The Morgan fingerprint density at radius 1 is 1.22 bits per heavy atom. The lowest BCUT2D eigenvalue weighted by Crippen LogP contribution is -2.58. The molecule has 0 N–H and O–H groups in total. The number of likely N-dealkylation sites (tertiary alicyclic amines) is 1. The second-order valence-corrected chi connectivity index (χ2v) is 6.57. The van der Waals surface area contributed by atoms with Crippen LogP contribution in [0.25, 0.3) is 0 Å². The summed E-state index contributed by atoms with van der Waals surface area (Å²) in [5, 5.41) is 0. The van der Waals surface area contributed by atoms with Crippen LogP contribution >= 0.6 is 0 Å². The topological polar surface area (TPSA) is 36.0 Å². The molecule has 0 unspecified atom stereocenters. The molecule has 2 fully saturated rings. The van der Waals surface area contributed by atoms with Crippen LogP contribution in [0.15, 0.2) is 24.3 Å². The number of carbonyl (C=O) groups is 1. The van der Waals surface area contributed by atoms with E-state index in [-0.39, 0.29) is 29.6 Å². The number of piperazine rings is 1. The lowest BCUT2D eigenvalue weighted by Gasteiger charge is -2.42. The van der Waals surface area contributed by atoms with Crippen molar-refractivity contribution in [2.24, 2.45) is 0 Å². The summed E-state index contributed by atoms with van der Waals surface area (Å²) in [7, 11) is 4.16. The van der Waals surface area contributed by atoms with Crippen molar-refractivity contribution in [1.82, 2.24) is 14.7 Å². The molecule has 0 aromatic heterocycles. The number of benzene rings is 1. The zero-order valence-electron chi connectivity index (χ0n) is 13.7. The lowest BCUT2D eigenvalue weighted by molar-refractivity contribution is -0.141. The Bertz CT molecular complexity index is 563. The van der Waals surface area contributed by atoms with Gasteiger partial charge in [0.1, 0.15) is 6.10 Å². The van der Waals surface area contributed by atoms with Gasteiger partial charge in [-0.05, 0) is 26.2 Å². The largest absolute Gasteiger partial charge is 0.484 e. The summed E-state index contributed by atoms with van der Waals surface area (Å²) in [5.74, 6) is 0.0629. The van der Waals surface area contributed by atoms with Crippen LogP contribution in [-0.4, -0.2) is 79.6 Å². The van der Waals surface area contributed by atoms with Crippen LogP contribution in [0.3, 0.4) is 0 Å². The molecule has 2 aliphatic heterocycles. The van der Waals surface area contributed by atoms with Gasteiger partial charge in [-0.3, -0.25) is 4.79 Å². The Morgan fingerprint density at radius 3 is 2.70 bits per heavy atom. The number of halogens is 1. The summed E-state index contributed by atoms with van der Waals surface area (Å²) in [4.78, 5) is 18.7. The molecule has 5 nitrogen and oxygen atoms in total. The first kappa shape index (κ1) is 16.2. The van der Waals surface area contributed by atoms with E-state index in [2.05, 4.69) is 23.9 Å². The number of rotatable bonds is 4. The average molecular weight is 321 g/mol. The van der Waals surface area contributed by atoms with E-state index < -0.39 is 0 Å². The molecule has 0 radical (unpaired) electrons. The maximum Gasteiger partial charge on any atom is 0.224 e. The molecule has 0 saturated carbocycles. The second kappa shape index (κ2) is 6.84. The van der Waals surface area contributed by atoms with Gasteiger partial charge in [0.15, 0.2) is 11.6 Å². The van der Waals surface area contributed by atoms with Gasteiger partial charge in [-0.15, -0.1) is 0 Å².